The van der Waals surface area contributed by atoms with Gasteiger partial charge in [0.05, 0.1) is 28.8 Å². The Morgan fingerprint density at radius 2 is 2.12 bits per heavy atom. The Balaban J connectivity index is 1.64. The van der Waals surface area contributed by atoms with Crippen LogP contribution < -0.4 is 5.56 Å². The van der Waals surface area contributed by atoms with Gasteiger partial charge in [-0.2, -0.15) is 11.3 Å². The van der Waals surface area contributed by atoms with E-state index in [0.29, 0.717) is 17.4 Å². The number of carbonyl (C=O) groups excluding carboxylic acids is 1. The Kier molecular flexibility index (Phi) is 3.90. The number of fused-ring (bicyclic) bond motifs is 1. The minimum Gasteiger partial charge on any atom is -0.337 e. The van der Waals surface area contributed by atoms with E-state index in [2.05, 4.69) is 4.98 Å². The van der Waals surface area contributed by atoms with Crippen LogP contribution in [0.4, 0.5) is 0 Å². The van der Waals surface area contributed by atoms with E-state index in [-0.39, 0.29) is 17.5 Å². The second-order valence-corrected chi connectivity index (χ2v) is 6.81. The second kappa shape index (κ2) is 6.20. The zero-order valence-electron chi connectivity index (χ0n) is 13.1. The van der Waals surface area contributed by atoms with Gasteiger partial charge in [-0.15, -0.1) is 0 Å². The van der Waals surface area contributed by atoms with E-state index in [0.717, 1.165) is 24.9 Å². The van der Waals surface area contributed by atoms with E-state index in [1.807, 2.05) is 39.9 Å². The maximum atomic E-state index is 12.8. The number of piperidine rings is 1. The quantitative estimate of drug-likeness (QED) is 0.721. The lowest BCUT2D eigenvalue weighted by molar-refractivity contribution is 0.0678. The molecule has 0 saturated carbocycles. The molecule has 0 spiro atoms. The summed E-state index contributed by atoms with van der Waals surface area (Å²) in [4.78, 5) is 31.6. The molecule has 0 bridgehead atoms. The average Bonchev–Trinajstić information content (AvgIpc) is 3.16. The van der Waals surface area contributed by atoms with Crippen molar-refractivity contribution in [2.24, 2.45) is 0 Å². The van der Waals surface area contributed by atoms with Gasteiger partial charge in [0.25, 0.3) is 11.5 Å². The number of likely N-dealkylation sites (tertiary alicyclic amines) is 1. The van der Waals surface area contributed by atoms with Gasteiger partial charge in [0.2, 0.25) is 0 Å². The van der Waals surface area contributed by atoms with Crippen molar-refractivity contribution in [2.45, 2.75) is 18.9 Å². The molecule has 1 amide bonds. The number of hydrogen-bond acceptors (Lipinski definition) is 4. The number of aromatic nitrogens is 2. The molecular formula is C18H17N3O2S. The van der Waals surface area contributed by atoms with Crippen molar-refractivity contribution in [1.29, 1.82) is 0 Å². The number of thiophene rings is 1. The molecule has 0 radical (unpaired) electrons. The Morgan fingerprint density at radius 3 is 2.96 bits per heavy atom. The van der Waals surface area contributed by atoms with Crippen molar-refractivity contribution in [1.82, 2.24) is 14.5 Å². The van der Waals surface area contributed by atoms with Gasteiger partial charge in [-0.1, -0.05) is 12.1 Å². The summed E-state index contributed by atoms with van der Waals surface area (Å²) < 4.78 is 1.69. The van der Waals surface area contributed by atoms with Gasteiger partial charge in [0.15, 0.2) is 0 Å². The molecule has 6 heteroatoms. The third-order valence-corrected chi connectivity index (χ3v) is 5.22. The highest BCUT2D eigenvalue weighted by molar-refractivity contribution is 7.08. The van der Waals surface area contributed by atoms with E-state index in [4.69, 9.17) is 0 Å². The summed E-state index contributed by atoms with van der Waals surface area (Å²) >= 11 is 1.52. The van der Waals surface area contributed by atoms with E-state index in [1.54, 1.807) is 17.0 Å². The molecule has 4 rings (SSSR count). The lowest BCUT2D eigenvalue weighted by Gasteiger charge is -2.33. The van der Waals surface area contributed by atoms with Gasteiger partial charge in [-0.25, -0.2) is 4.98 Å². The minimum absolute atomic E-state index is 0.0223. The van der Waals surface area contributed by atoms with Crippen molar-refractivity contribution in [3.63, 3.8) is 0 Å². The van der Waals surface area contributed by atoms with Crippen LogP contribution in [0.5, 0.6) is 0 Å². The maximum Gasteiger partial charge on any atom is 0.261 e. The molecular weight excluding hydrogens is 322 g/mol. The fraction of sp³-hybridized carbons (Fsp3) is 0.278. The van der Waals surface area contributed by atoms with Crippen LogP contribution in [0.1, 0.15) is 29.2 Å². The highest BCUT2D eigenvalue weighted by Crippen LogP contribution is 2.22. The zero-order valence-corrected chi connectivity index (χ0v) is 13.9. The minimum atomic E-state index is -0.0320. The summed E-state index contributed by atoms with van der Waals surface area (Å²) in [5.74, 6) is 0.0442. The predicted molar refractivity (Wildman–Crippen MR) is 94.5 cm³/mol. The van der Waals surface area contributed by atoms with Gasteiger partial charge in [-0.3, -0.25) is 14.2 Å². The molecule has 0 N–H and O–H groups in total. The molecule has 1 aliphatic rings. The smallest absolute Gasteiger partial charge is 0.261 e. The molecule has 1 saturated heterocycles. The van der Waals surface area contributed by atoms with Gasteiger partial charge in [0.1, 0.15) is 0 Å². The van der Waals surface area contributed by atoms with Crippen LogP contribution in [0.3, 0.4) is 0 Å². The Morgan fingerprint density at radius 1 is 1.25 bits per heavy atom. The first-order valence-corrected chi connectivity index (χ1v) is 8.95. The normalized spacial score (nSPS) is 18.0. The van der Waals surface area contributed by atoms with Crippen LogP contribution in [0.25, 0.3) is 10.9 Å². The monoisotopic (exact) mass is 339 g/mol. The summed E-state index contributed by atoms with van der Waals surface area (Å²) in [5, 5.41) is 4.41. The first-order valence-electron chi connectivity index (χ1n) is 8.01. The van der Waals surface area contributed by atoms with E-state index < -0.39 is 0 Å². The molecule has 5 nitrogen and oxygen atoms in total. The van der Waals surface area contributed by atoms with Crippen LogP contribution >= 0.6 is 11.3 Å². The maximum absolute atomic E-state index is 12.8. The van der Waals surface area contributed by atoms with Gasteiger partial charge in [-0.05, 0) is 36.4 Å². The van der Waals surface area contributed by atoms with E-state index in [9.17, 15) is 9.59 Å². The van der Waals surface area contributed by atoms with Crippen molar-refractivity contribution < 1.29 is 4.79 Å². The molecule has 1 aliphatic heterocycles. The Labute approximate surface area is 143 Å². The molecule has 1 fully saturated rings. The molecule has 3 aromatic rings. The first-order chi connectivity index (χ1) is 11.7. The molecule has 2 aromatic heterocycles. The zero-order chi connectivity index (χ0) is 16.5. The van der Waals surface area contributed by atoms with Crippen LogP contribution in [0.15, 0.2) is 52.2 Å². The van der Waals surface area contributed by atoms with E-state index >= 15 is 0 Å². The fourth-order valence-electron chi connectivity index (χ4n) is 3.28. The third-order valence-electron chi connectivity index (χ3n) is 4.54. The number of nitrogens with zero attached hydrogens (tertiary/aromatic N) is 3. The molecule has 0 aliphatic carbocycles. The number of carbonyl (C=O) groups is 1. The molecule has 24 heavy (non-hydrogen) atoms. The summed E-state index contributed by atoms with van der Waals surface area (Å²) in [6.07, 6.45) is 3.39. The predicted octanol–water partition coefficient (Wildman–Crippen LogP) is 2.94. The molecule has 1 aromatic carbocycles. The van der Waals surface area contributed by atoms with Gasteiger partial charge >= 0.3 is 0 Å². The lowest BCUT2D eigenvalue weighted by atomic mass is 10.0. The Bertz CT molecular complexity index is 933. The molecule has 3 heterocycles. The summed E-state index contributed by atoms with van der Waals surface area (Å²) in [6.45, 7) is 1.29. The number of rotatable bonds is 2. The largest absolute Gasteiger partial charge is 0.337 e. The fourth-order valence-corrected chi connectivity index (χ4v) is 3.91. The van der Waals surface area contributed by atoms with Crippen molar-refractivity contribution in [3.8, 4) is 0 Å². The first kappa shape index (κ1) is 15.1. The molecule has 122 valence electrons. The summed E-state index contributed by atoms with van der Waals surface area (Å²) in [7, 11) is 0. The van der Waals surface area contributed by atoms with Crippen molar-refractivity contribution in [3.05, 3.63) is 63.3 Å². The standard InChI is InChI=1S/C18H17N3O2S/c22-17(13-7-9-24-11-13)20-8-3-4-14(10-20)21-12-19-16-6-2-1-5-15(16)18(21)23/h1-2,5-7,9,11-12,14H,3-4,8,10H2. The highest BCUT2D eigenvalue weighted by Gasteiger charge is 2.26. The topological polar surface area (TPSA) is 55.2 Å². The molecule has 1 unspecified atom stereocenters. The van der Waals surface area contributed by atoms with Crippen molar-refractivity contribution in [2.75, 3.05) is 13.1 Å². The van der Waals surface area contributed by atoms with Crippen LogP contribution in [0, 0.1) is 0 Å². The number of benzene rings is 1. The number of amides is 1. The highest BCUT2D eigenvalue weighted by atomic mass is 32.1. The Hall–Kier alpha value is -2.47. The average molecular weight is 339 g/mol. The molecule has 1 atom stereocenters. The van der Waals surface area contributed by atoms with Gasteiger partial charge in [0, 0.05) is 18.5 Å². The van der Waals surface area contributed by atoms with Crippen LogP contribution in [-0.4, -0.2) is 33.4 Å². The van der Waals surface area contributed by atoms with Gasteiger partial charge < -0.3 is 4.90 Å². The van der Waals surface area contributed by atoms with Crippen LogP contribution in [0.2, 0.25) is 0 Å². The second-order valence-electron chi connectivity index (χ2n) is 6.03. The summed E-state index contributed by atoms with van der Waals surface area (Å²) in [6, 6.07) is 9.20. The number of para-hydroxylation sites is 1. The van der Waals surface area contributed by atoms with Crippen LogP contribution in [-0.2, 0) is 0 Å². The third kappa shape index (κ3) is 2.63. The van der Waals surface area contributed by atoms with E-state index in [1.165, 1.54) is 11.3 Å². The lowest BCUT2D eigenvalue weighted by Crippen LogP contribution is -2.42. The SMILES string of the molecule is O=C(c1ccsc1)N1CCCC(n2cnc3ccccc3c2=O)C1. The summed E-state index contributed by atoms with van der Waals surface area (Å²) in [5.41, 5.74) is 1.40. The number of hydrogen-bond donors (Lipinski definition) is 0. The van der Waals surface area contributed by atoms with Crippen molar-refractivity contribution >= 4 is 28.1 Å².